The zero-order chi connectivity index (χ0) is 38.5. The highest BCUT2D eigenvalue weighted by molar-refractivity contribution is 7.22. The minimum absolute atomic E-state index is 0.733. The third-order valence-electron chi connectivity index (χ3n) is 11.4. The number of fused-ring (bicyclic) bond motifs is 6. The molecule has 3 aromatic heterocycles. The number of hydrogen-bond acceptors (Lipinski definition) is 4. The van der Waals surface area contributed by atoms with Gasteiger partial charge in [0.1, 0.15) is 17.3 Å². The fourth-order valence-electron chi connectivity index (χ4n) is 9.07. The number of aromatic nitrogens is 3. The Balaban J connectivity index is 1.20. The first kappa shape index (κ1) is 33.8. The third kappa shape index (κ3) is 5.30. The van der Waals surface area contributed by atoms with Gasteiger partial charge in [-0.2, -0.15) is 0 Å². The van der Waals surface area contributed by atoms with Crippen molar-refractivity contribution in [3.8, 4) is 28.4 Å². The highest BCUT2D eigenvalue weighted by Crippen LogP contribution is 2.43. The fraction of sp³-hybridized carbons (Fsp3) is 0. The lowest BCUT2D eigenvalue weighted by atomic mass is 10.1. The van der Waals surface area contributed by atoms with Crippen molar-refractivity contribution in [3.63, 3.8) is 0 Å². The van der Waals surface area contributed by atoms with Crippen LogP contribution in [0.3, 0.4) is 0 Å². The van der Waals surface area contributed by atoms with Crippen LogP contribution in [0.1, 0.15) is 0 Å². The van der Waals surface area contributed by atoms with Gasteiger partial charge < -0.3 is 9.30 Å². The maximum absolute atomic E-state index is 6.64. The number of pyridine rings is 2. The molecule has 0 N–H and O–H groups in total. The molecule has 1 aliphatic heterocycles. The molecule has 0 bridgehead atoms. The van der Waals surface area contributed by atoms with Gasteiger partial charge in [0.15, 0.2) is 8.07 Å². The van der Waals surface area contributed by atoms with E-state index in [1.165, 1.54) is 42.6 Å². The van der Waals surface area contributed by atoms with Crippen molar-refractivity contribution >= 4 is 67.8 Å². The zero-order valence-electron chi connectivity index (χ0n) is 31.5. The van der Waals surface area contributed by atoms with Crippen molar-refractivity contribution in [1.29, 1.82) is 0 Å². The Hall–Kier alpha value is -7.54. The molecule has 0 atom stereocenters. The largest absolute Gasteiger partial charge is 0.457 e. The molecule has 7 aromatic carbocycles. The van der Waals surface area contributed by atoms with Gasteiger partial charge in [-0.05, 0) is 93.5 Å². The normalized spacial score (nSPS) is 12.9. The van der Waals surface area contributed by atoms with E-state index in [1.54, 1.807) is 0 Å². The van der Waals surface area contributed by atoms with E-state index in [-0.39, 0.29) is 0 Å². The SMILES string of the molecule is c1ccc(-n2c3ccccc3c3c4c(ccc32)N(c2cccc(Oc3cccc(-c5ccccn5)c3)c2)c2ncccc2[Si]4(c2ccccc2)c2ccccc2)cc1. The first-order valence-electron chi connectivity index (χ1n) is 19.6. The monoisotopic (exact) mass is 760 g/mol. The summed E-state index contributed by atoms with van der Waals surface area (Å²) in [6, 6.07) is 73.4. The number of nitrogens with zero attached hydrogens (tertiary/aromatic N) is 4. The molecule has 274 valence electrons. The molecule has 58 heavy (non-hydrogen) atoms. The van der Waals surface area contributed by atoms with E-state index in [4.69, 9.17) is 9.72 Å². The van der Waals surface area contributed by atoms with Gasteiger partial charge in [-0.15, -0.1) is 0 Å². The minimum atomic E-state index is -3.09. The molecule has 0 aliphatic carbocycles. The second-order valence-electron chi connectivity index (χ2n) is 14.6. The van der Waals surface area contributed by atoms with Gasteiger partial charge >= 0.3 is 0 Å². The van der Waals surface area contributed by atoms with Crippen LogP contribution in [-0.2, 0) is 0 Å². The lowest BCUT2D eigenvalue weighted by Gasteiger charge is -2.44. The van der Waals surface area contributed by atoms with Gasteiger partial charge in [-0.25, -0.2) is 4.98 Å². The maximum atomic E-state index is 6.64. The average Bonchev–Trinajstić information content (AvgIpc) is 3.64. The number of rotatable bonds is 7. The van der Waals surface area contributed by atoms with Crippen LogP contribution in [0.5, 0.6) is 11.5 Å². The van der Waals surface area contributed by atoms with E-state index < -0.39 is 8.07 Å². The Morgan fingerprint density at radius 2 is 1.12 bits per heavy atom. The lowest BCUT2D eigenvalue weighted by molar-refractivity contribution is 0.483. The van der Waals surface area contributed by atoms with E-state index in [1.807, 2.05) is 54.9 Å². The molecule has 0 saturated heterocycles. The smallest absolute Gasteiger partial charge is 0.187 e. The third-order valence-corrected chi connectivity index (χ3v) is 16.2. The number of ether oxygens (including phenoxy) is 1. The molecule has 0 fully saturated rings. The number of hydrogen-bond donors (Lipinski definition) is 0. The Morgan fingerprint density at radius 1 is 0.466 bits per heavy atom. The number of anilines is 3. The topological polar surface area (TPSA) is 43.2 Å². The highest BCUT2D eigenvalue weighted by atomic mass is 28.3. The molecule has 10 aromatic rings. The molecule has 0 radical (unpaired) electrons. The molecule has 0 saturated carbocycles. The highest BCUT2D eigenvalue weighted by Gasteiger charge is 2.51. The predicted molar refractivity (Wildman–Crippen MR) is 240 cm³/mol. The molecule has 6 heteroatoms. The van der Waals surface area contributed by atoms with Gasteiger partial charge in [-0.3, -0.25) is 9.88 Å². The molecule has 11 rings (SSSR count). The summed E-state index contributed by atoms with van der Waals surface area (Å²) in [4.78, 5) is 12.2. The Kier molecular flexibility index (Phi) is 8.08. The molecule has 0 unspecified atom stereocenters. The van der Waals surface area contributed by atoms with Gasteiger partial charge in [-0.1, -0.05) is 127 Å². The van der Waals surface area contributed by atoms with E-state index in [0.29, 0.717) is 0 Å². The number of benzene rings is 7. The summed E-state index contributed by atoms with van der Waals surface area (Å²) in [5.74, 6) is 2.40. The standard InChI is InChI=1S/C52H36N4OSi/c1-4-18-38(19-5-1)55-46-29-11-10-27-44(46)50-47(55)31-32-48-51(50)58(42-23-6-2-7-24-42,43-25-8-3-9-26-43)49-30-16-34-54-52(49)56(48)39-20-15-22-41(36-39)57-40-21-14-17-37(35-40)45-28-12-13-33-53-45/h1-36H. The molecule has 1 aliphatic rings. The van der Waals surface area contributed by atoms with Crippen LogP contribution in [0.25, 0.3) is 38.8 Å². The summed E-state index contributed by atoms with van der Waals surface area (Å²) in [5, 5.41) is 7.67. The second kappa shape index (κ2) is 13.9. The van der Waals surface area contributed by atoms with E-state index >= 15 is 0 Å². The summed E-state index contributed by atoms with van der Waals surface area (Å²) in [6.45, 7) is 0. The predicted octanol–water partition coefficient (Wildman–Crippen LogP) is 10.2. The zero-order valence-corrected chi connectivity index (χ0v) is 32.5. The molecular formula is C52H36N4OSi. The van der Waals surface area contributed by atoms with E-state index in [2.05, 4.69) is 178 Å². The lowest BCUT2D eigenvalue weighted by Crippen LogP contribution is -2.77. The van der Waals surface area contributed by atoms with Crippen LogP contribution in [0.2, 0.25) is 0 Å². The van der Waals surface area contributed by atoms with Crippen molar-refractivity contribution in [3.05, 3.63) is 219 Å². The average molecular weight is 761 g/mol. The Bertz CT molecular complexity index is 3060. The summed E-state index contributed by atoms with van der Waals surface area (Å²) < 4.78 is 9.07. The first-order valence-corrected chi connectivity index (χ1v) is 21.6. The van der Waals surface area contributed by atoms with Gasteiger partial charge in [0, 0.05) is 46.2 Å². The second-order valence-corrected chi connectivity index (χ2v) is 18.3. The molecular weight excluding hydrogens is 725 g/mol. The van der Waals surface area contributed by atoms with Crippen molar-refractivity contribution in [2.45, 2.75) is 0 Å². The van der Waals surface area contributed by atoms with Crippen LogP contribution in [-0.4, -0.2) is 22.6 Å². The van der Waals surface area contributed by atoms with Crippen molar-refractivity contribution in [2.75, 3.05) is 4.90 Å². The van der Waals surface area contributed by atoms with E-state index in [0.717, 1.165) is 45.6 Å². The first-order chi connectivity index (χ1) is 28.8. The van der Waals surface area contributed by atoms with Crippen LogP contribution >= 0.6 is 0 Å². The van der Waals surface area contributed by atoms with Crippen LogP contribution in [0, 0.1) is 0 Å². The van der Waals surface area contributed by atoms with Gasteiger partial charge in [0.25, 0.3) is 0 Å². The Labute approximate surface area is 337 Å². The summed E-state index contributed by atoms with van der Waals surface area (Å²) in [7, 11) is -3.09. The van der Waals surface area contributed by atoms with Crippen LogP contribution in [0.4, 0.5) is 17.2 Å². The minimum Gasteiger partial charge on any atom is -0.457 e. The Morgan fingerprint density at radius 3 is 1.88 bits per heavy atom. The fourth-order valence-corrected chi connectivity index (χ4v) is 14.3. The summed E-state index contributed by atoms with van der Waals surface area (Å²) in [6.07, 6.45) is 3.74. The van der Waals surface area contributed by atoms with E-state index in [9.17, 15) is 0 Å². The molecule has 4 heterocycles. The van der Waals surface area contributed by atoms with Crippen molar-refractivity contribution in [2.24, 2.45) is 0 Å². The van der Waals surface area contributed by atoms with Gasteiger partial charge in [0.05, 0.1) is 22.4 Å². The molecule has 0 spiro atoms. The van der Waals surface area contributed by atoms with Crippen molar-refractivity contribution in [1.82, 2.24) is 14.5 Å². The maximum Gasteiger partial charge on any atom is 0.187 e. The summed E-state index contributed by atoms with van der Waals surface area (Å²) in [5.41, 5.74) is 7.46. The van der Waals surface area contributed by atoms with Crippen LogP contribution < -0.4 is 30.4 Å². The van der Waals surface area contributed by atoms with Gasteiger partial charge in [0.2, 0.25) is 0 Å². The summed E-state index contributed by atoms with van der Waals surface area (Å²) >= 11 is 0. The van der Waals surface area contributed by atoms with Crippen LogP contribution in [0.15, 0.2) is 219 Å². The van der Waals surface area contributed by atoms with Crippen molar-refractivity contribution < 1.29 is 4.74 Å². The molecule has 0 amide bonds. The number of para-hydroxylation sites is 2. The molecule has 5 nitrogen and oxygen atoms in total. The quantitative estimate of drug-likeness (QED) is 0.152.